The minimum Gasteiger partial charge on any atom is -0.383 e. The molecule has 1 atom stereocenters. The maximum absolute atomic E-state index is 13.2. The lowest BCUT2D eigenvalue weighted by atomic mass is 9.94. The first-order chi connectivity index (χ1) is 15.2. The van der Waals surface area contributed by atoms with Gasteiger partial charge in [0.15, 0.2) is 0 Å². The summed E-state index contributed by atoms with van der Waals surface area (Å²) in [5.74, 6) is -0.442. The Balaban J connectivity index is 1.58. The number of carbonyl (C=O) groups is 1. The highest BCUT2D eigenvalue weighted by Gasteiger charge is 2.51. The molecule has 1 unspecified atom stereocenters. The van der Waals surface area contributed by atoms with Gasteiger partial charge in [-0.15, -0.1) is 0 Å². The second-order valence-corrected chi connectivity index (χ2v) is 7.62. The maximum atomic E-state index is 13.2. The molecule has 0 bridgehead atoms. The summed E-state index contributed by atoms with van der Waals surface area (Å²) in [6.07, 6.45) is 0. The number of carbonyl (C=O) groups excluding carboxylic acids is 1. The molecule has 3 N–H and O–H groups in total. The van der Waals surface area contributed by atoms with E-state index in [-0.39, 0.29) is 0 Å². The number of anilines is 3. The second kappa shape index (κ2) is 7.78. The van der Waals surface area contributed by atoms with Gasteiger partial charge in [0.2, 0.25) is 5.72 Å². The predicted molar refractivity (Wildman–Crippen MR) is 125 cm³/mol. The summed E-state index contributed by atoms with van der Waals surface area (Å²) in [7, 11) is 0. The topological polar surface area (TPSA) is 64.6 Å². The summed E-state index contributed by atoms with van der Waals surface area (Å²) in [6.45, 7) is 0.972. The summed E-state index contributed by atoms with van der Waals surface area (Å²) in [5, 5.41) is 20.1. The summed E-state index contributed by atoms with van der Waals surface area (Å²) < 4.78 is 0. The fourth-order valence-corrected chi connectivity index (χ4v) is 4.29. The molecule has 1 aliphatic heterocycles. The zero-order valence-corrected chi connectivity index (χ0v) is 17.0. The zero-order valence-electron chi connectivity index (χ0n) is 17.0. The molecule has 154 valence electrons. The third kappa shape index (κ3) is 3.29. The number of aliphatic hydroxyl groups is 1. The van der Waals surface area contributed by atoms with Gasteiger partial charge in [-0.3, -0.25) is 4.79 Å². The highest BCUT2D eigenvalue weighted by molar-refractivity contribution is 6.12. The highest BCUT2D eigenvalue weighted by Crippen LogP contribution is 2.44. The Kier molecular flexibility index (Phi) is 4.81. The van der Waals surface area contributed by atoms with Crippen LogP contribution in [-0.2, 0) is 10.5 Å². The van der Waals surface area contributed by atoms with Crippen molar-refractivity contribution in [3.8, 4) is 0 Å². The normalized spacial score (nSPS) is 17.3. The fourth-order valence-electron chi connectivity index (χ4n) is 4.29. The van der Waals surface area contributed by atoms with E-state index in [0.29, 0.717) is 24.3 Å². The molecule has 5 rings (SSSR count). The molecule has 0 aliphatic carbocycles. The standard InChI is InChI=1S/C26H23N3O2/c30-25-26(31,24-22-14-8-7-9-19(22)15-16-23(24)28-25)29(21-12-5-2-6-13-21)18-17-27-20-10-3-1-4-11-20/h1-16,27,31H,17-18H2,(H,28,30). The smallest absolute Gasteiger partial charge is 0.282 e. The van der Waals surface area contributed by atoms with Crippen molar-refractivity contribution in [3.63, 3.8) is 0 Å². The first-order valence-corrected chi connectivity index (χ1v) is 10.4. The minimum absolute atomic E-state index is 0.422. The average Bonchev–Trinajstić information content (AvgIpc) is 3.09. The Morgan fingerprint density at radius 3 is 2.29 bits per heavy atom. The van der Waals surface area contributed by atoms with Crippen LogP contribution < -0.4 is 15.5 Å². The molecule has 1 aliphatic rings. The molecular formula is C26H23N3O2. The lowest BCUT2D eigenvalue weighted by Crippen LogP contribution is -2.53. The van der Waals surface area contributed by atoms with Crippen molar-refractivity contribution >= 4 is 33.7 Å². The van der Waals surface area contributed by atoms with Crippen LogP contribution in [0.1, 0.15) is 5.56 Å². The summed E-state index contributed by atoms with van der Waals surface area (Å²) in [4.78, 5) is 15.0. The van der Waals surface area contributed by atoms with Crippen LogP contribution in [0.3, 0.4) is 0 Å². The molecule has 5 nitrogen and oxygen atoms in total. The number of nitrogens with one attached hydrogen (secondary N) is 2. The number of hydrogen-bond donors (Lipinski definition) is 3. The third-order valence-electron chi connectivity index (χ3n) is 5.74. The second-order valence-electron chi connectivity index (χ2n) is 7.62. The van der Waals surface area contributed by atoms with Gasteiger partial charge in [0.05, 0.1) is 5.69 Å². The molecule has 5 heteroatoms. The van der Waals surface area contributed by atoms with Gasteiger partial charge in [-0.1, -0.05) is 66.7 Å². The van der Waals surface area contributed by atoms with E-state index in [9.17, 15) is 9.90 Å². The molecule has 31 heavy (non-hydrogen) atoms. The van der Waals surface area contributed by atoms with Crippen LogP contribution in [0.25, 0.3) is 10.8 Å². The Morgan fingerprint density at radius 2 is 1.52 bits per heavy atom. The van der Waals surface area contributed by atoms with E-state index in [1.165, 1.54) is 0 Å². The van der Waals surface area contributed by atoms with E-state index in [4.69, 9.17) is 0 Å². The molecule has 0 saturated heterocycles. The fraction of sp³-hybridized carbons (Fsp3) is 0.115. The van der Waals surface area contributed by atoms with Crippen molar-refractivity contribution in [2.24, 2.45) is 0 Å². The average molecular weight is 409 g/mol. The molecule has 0 fully saturated rings. The maximum Gasteiger partial charge on any atom is 0.282 e. The Morgan fingerprint density at radius 1 is 0.839 bits per heavy atom. The van der Waals surface area contributed by atoms with Crippen molar-refractivity contribution < 1.29 is 9.90 Å². The summed E-state index contributed by atoms with van der Waals surface area (Å²) in [5.41, 5.74) is 1.18. The van der Waals surface area contributed by atoms with Crippen LogP contribution in [0.2, 0.25) is 0 Å². The third-order valence-corrected chi connectivity index (χ3v) is 5.74. The minimum atomic E-state index is -1.82. The van der Waals surface area contributed by atoms with Crippen LogP contribution in [0.15, 0.2) is 97.1 Å². The van der Waals surface area contributed by atoms with E-state index in [2.05, 4.69) is 10.6 Å². The molecule has 1 amide bonds. The van der Waals surface area contributed by atoms with Crippen LogP contribution in [-0.4, -0.2) is 24.1 Å². The molecular weight excluding hydrogens is 386 g/mol. The van der Waals surface area contributed by atoms with E-state index in [1.54, 1.807) is 4.90 Å². The molecule has 4 aromatic carbocycles. The van der Waals surface area contributed by atoms with E-state index >= 15 is 0 Å². The van der Waals surface area contributed by atoms with E-state index in [1.807, 2.05) is 97.1 Å². The number of para-hydroxylation sites is 2. The molecule has 0 spiro atoms. The predicted octanol–water partition coefficient (Wildman–Crippen LogP) is 4.56. The van der Waals surface area contributed by atoms with Gasteiger partial charge in [-0.2, -0.15) is 0 Å². The Bertz CT molecular complexity index is 1230. The van der Waals surface area contributed by atoms with Crippen LogP contribution in [0.5, 0.6) is 0 Å². The quantitative estimate of drug-likeness (QED) is 0.409. The molecule has 0 saturated carbocycles. The number of amides is 1. The molecule has 0 aromatic heterocycles. The van der Waals surface area contributed by atoms with Crippen LogP contribution in [0.4, 0.5) is 17.1 Å². The summed E-state index contributed by atoms with van der Waals surface area (Å²) >= 11 is 0. The van der Waals surface area contributed by atoms with Gasteiger partial charge in [-0.05, 0) is 41.1 Å². The van der Waals surface area contributed by atoms with Crippen LogP contribution >= 0.6 is 0 Å². The van der Waals surface area contributed by atoms with Gasteiger partial charge in [0.1, 0.15) is 0 Å². The van der Waals surface area contributed by atoms with Crippen molar-refractivity contribution in [3.05, 3.63) is 103 Å². The number of nitrogens with zero attached hydrogens (tertiary/aromatic N) is 1. The van der Waals surface area contributed by atoms with Crippen molar-refractivity contribution in [2.45, 2.75) is 5.72 Å². The number of benzene rings is 4. The summed E-state index contributed by atoms with van der Waals surface area (Å²) in [6, 6.07) is 31.1. The first-order valence-electron chi connectivity index (χ1n) is 10.4. The first kappa shape index (κ1) is 19.2. The van der Waals surface area contributed by atoms with E-state index in [0.717, 1.165) is 22.1 Å². The Hall–Kier alpha value is -3.83. The van der Waals surface area contributed by atoms with Crippen molar-refractivity contribution in [1.29, 1.82) is 0 Å². The van der Waals surface area contributed by atoms with Crippen LogP contribution in [0, 0.1) is 0 Å². The van der Waals surface area contributed by atoms with E-state index < -0.39 is 11.6 Å². The largest absolute Gasteiger partial charge is 0.383 e. The zero-order chi connectivity index (χ0) is 21.3. The molecule has 4 aromatic rings. The van der Waals surface area contributed by atoms with Gasteiger partial charge >= 0.3 is 0 Å². The molecule has 0 radical (unpaired) electrons. The molecule has 1 heterocycles. The van der Waals surface area contributed by atoms with Crippen molar-refractivity contribution in [1.82, 2.24) is 0 Å². The number of fused-ring (bicyclic) bond motifs is 3. The lowest BCUT2D eigenvalue weighted by Gasteiger charge is -2.37. The number of hydrogen-bond acceptors (Lipinski definition) is 4. The lowest BCUT2D eigenvalue weighted by molar-refractivity contribution is -0.133. The van der Waals surface area contributed by atoms with Gasteiger partial charge in [0.25, 0.3) is 5.91 Å². The Labute approximate surface area is 180 Å². The number of rotatable bonds is 6. The van der Waals surface area contributed by atoms with Gasteiger partial charge in [-0.25, -0.2) is 0 Å². The van der Waals surface area contributed by atoms with Gasteiger partial charge < -0.3 is 20.6 Å². The van der Waals surface area contributed by atoms with Crippen molar-refractivity contribution in [2.75, 3.05) is 28.6 Å². The van der Waals surface area contributed by atoms with Gasteiger partial charge in [0, 0.05) is 30.0 Å². The highest BCUT2D eigenvalue weighted by atomic mass is 16.3. The monoisotopic (exact) mass is 409 g/mol. The SMILES string of the molecule is O=C1Nc2ccc3ccccc3c2C1(O)N(CCNc1ccccc1)c1ccccc1.